The van der Waals surface area contributed by atoms with Crippen molar-refractivity contribution in [2.45, 2.75) is 92.9 Å². The second kappa shape index (κ2) is 15.3. The van der Waals surface area contributed by atoms with Crippen LogP contribution in [0.3, 0.4) is 0 Å². The Kier molecular flexibility index (Phi) is 11.3. The van der Waals surface area contributed by atoms with Crippen molar-refractivity contribution in [3.05, 3.63) is 125 Å². The number of hydrogen-bond acceptors (Lipinski definition) is 11. The van der Waals surface area contributed by atoms with Crippen LogP contribution in [0.1, 0.15) is 96.3 Å². The predicted octanol–water partition coefficient (Wildman–Crippen LogP) is 9.70. The highest BCUT2D eigenvalue weighted by atomic mass is 32.1. The van der Waals surface area contributed by atoms with Crippen LogP contribution in [0.4, 0.5) is 11.4 Å². The highest BCUT2D eigenvalue weighted by Gasteiger charge is 2.19. The van der Waals surface area contributed by atoms with E-state index in [1.807, 2.05) is 43.8 Å². The van der Waals surface area contributed by atoms with Crippen LogP contribution in [0.25, 0.3) is 22.8 Å². The summed E-state index contributed by atoms with van der Waals surface area (Å²) in [6, 6.07) is 7.71. The van der Waals surface area contributed by atoms with Gasteiger partial charge < -0.3 is 5.73 Å². The lowest BCUT2D eigenvalue weighted by molar-refractivity contribution is -0.385. The fourth-order valence-corrected chi connectivity index (χ4v) is 7.00. The summed E-state index contributed by atoms with van der Waals surface area (Å²) in [6.45, 7) is 20.5. The van der Waals surface area contributed by atoms with Gasteiger partial charge in [0.1, 0.15) is 22.8 Å². The molecule has 0 aliphatic rings. The average molecular weight is 735 g/mol. The summed E-state index contributed by atoms with van der Waals surface area (Å²) in [5, 5.41) is 17.1. The Morgan fingerprint density at radius 2 is 1.06 bits per heavy atom. The summed E-state index contributed by atoms with van der Waals surface area (Å²) in [5.41, 5.74) is 18.3. The maximum Gasteiger partial charge on any atom is 0.272 e. The van der Waals surface area contributed by atoms with E-state index < -0.39 is 0 Å². The first-order valence-electron chi connectivity index (χ1n) is 17.0. The van der Waals surface area contributed by atoms with Crippen LogP contribution in [0, 0.1) is 37.8 Å². The highest BCUT2D eigenvalue weighted by molar-refractivity contribution is 7.10. The number of nitrogen functional groups attached to an aromatic ring is 1. The summed E-state index contributed by atoms with van der Waals surface area (Å²) >= 11 is 3.22. The fourth-order valence-electron chi connectivity index (χ4n) is 5.38. The zero-order valence-electron chi connectivity index (χ0n) is 31.5. The van der Waals surface area contributed by atoms with Crippen LogP contribution in [-0.4, -0.2) is 34.8 Å². The molecule has 0 unspecified atom stereocenters. The fraction of sp³-hybridized carbons (Fsp3) is 0.350. The van der Waals surface area contributed by atoms with Gasteiger partial charge in [0.15, 0.2) is 0 Å². The summed E-state index contributed by atoms with van der Waals surface area (Å²) in [7, 11) is 0. The molecule has 4 aromatic heterocycles. The number of nitro groups is 1. The molecular weight excluding hydrogens is 689 g/mol. The van der Waals surface area contributed by atoms with Gasteiger partial charge in [-0.15, -0.1) is 22.7 Å². The Morgan fingerprint density at radius 1 is 0.615 bits per heavy atom. The average Bonchev–Trinajstić information content (AvgIpc) is 3.75. The molecule has 0 saturated heterocycles. The molecule has 0 aliphatic heterocycles. The quantitative estimate of drug-likeness (QED) is 0.0962. The molecule has 4 heterocycles. The summed E-state index contributed by atoms with van der Waals surface area (Å²) in [4.78, 5) is 38.3. The van der Waals surface area contributed by atoms with Crippen molar-refractivity contribution in [1.82, 2.24) is 29.9 Å². The van der Waals surface area contributed by atoms with Crippen molar-refractivity contribution in [1.29, 1.82) is 0 Å². The molecular formula is C40H46N8O2S2. The van der Waals surface area contributed by atoms with Gasteiger partial charge in [-0.3, -0.25) is 30.1 Å². The maximum absolute atomic E-state index is 11.1. The van der Waals surface area contributed by atoms with Crippen LogP contribution in [-0.2, 0) is 23.7 Å². The molecule has 0 radical (unpaired) electrons. The van der Waals surface area contributed by atoms with Gasteiger partial charge in [-0.1, -0.05) is 47.6 Å². The van der Waals surface area contributed by atoms with E-state index in [0.717, 1.165) is 73.0 Å². The summed E-state index contributed by atoms with van der Waals surface area (Å²) in [5.74, 6) is 0. The Balaban J connectivity index is 0.000000202. The number of anilines is 1. The normalized spacial score (nSPS) is 11.7. The molecule has 2 aromatic carbocycles. The van der Waals surface area contributed by atoms with Gasteiger partial charge in [0.2, 0.25) is 0 Å². The number of benzene rings is 2. The SMILES string of the molecule is Cc1cc(Cc2nc(-c3cnc(C(C)(C)C)cn3)cs2)c(C)cc1N.Cc1cc([N+](=O)[O-])c(C)cc1Cc1nc(-c2cnc(C(C)(C)C)cn2)cs1. The lowest BCUT2D eigenvalue weighted by Crippen LogP contribution is -2.13. The van der Waals surface area contributed by atoms with Gasteiger partial charge in [0.25, 0.3) is 5.69 Å². The van der Waals surface area contributed by atoms with Crippen LogP contribution < -0.4 is 5.73 Å². The first-order valence-corrected chi connectivity index (χ1v) is 18.8. The molecule has 0 bridgehead atoms. The molecule has 270 valence electrons. The molecule has 0 fully saturated rings. The number of thiazole rings is 2. The van der Waals surface area contributed by atoms with Gasteiger partial charge in [-0.2, -0.15) is 0 Å². The van der Waals surface area contributed by atoms with Crippen molar-refractivity contribution in [2.75, 3.05) is 5.73 Å². The Labute approximate surface area is 313 Å². The van der Waals surface area contributed by atoms with Gasteiger partial charge in [-0.05, 0) is 67.6 Å². The van der Waals surface area contributed by atoms with E-state index >= 15 is 0 Å². The van der Waals surface area contributed by atoms with Crippen LogP contribution in [0.2, 0.25) is 0 Å². The van der Waals surface area contributed by atoms with Crippen LogP contribution in [0.15, 0.2) is 59.8 Å². The molecule has 0 atom stereocenters. The second-order valence-corrected chi connectivity index (χ2v) is 17.0. The minimum absolute atomic E-state index is 0.00328. The Hall–Kier alpha value is -4.94. The molecule has 12 heteroatoms. The minimum atomic E-state index is -0.340. The third-order valence-electron chi connectivity index (χ3n) is 8.73. The summed E-state index contributed by atoms with van der Waals surface area (Å²) < 4.78 is 0. The number of rotatable bonds is 7. The molecule has 2 N–H and O–H groups in total. The molecule has 10 nitrogen and oxygen atoms in total. The lowest BCUT2D eigenvalue weighted by Gasteiger charge is -2.16. The van der Waals surface area contributed by atoms with Crippen LogP contribution >= 0.6 is 22.7 Å². The number of hydrogen-bond donors (Lipinski definition) is 1. The minimum Gasteiger partial charge on any atom is -0.399 e. The molecule has 0 amide bonds. The number of nitrogens with two attached hydrogens (primary N) is 1. The first kappa shape index (κ1) is 38.3. The van der Waals surface area contributed by atoms with Gasteiger partial charge >= 0.3 is 0 Å². The van der Waals surface area contributed by atoms with Gasteiger partial charge in [-0.25, -0.2) is 9.97 Å². The van der Waals surface area contributed by atoms with Crippen molar-refractivity contribution in [2.24, 2.45) is 0 Å². The second-order valence-electron chi connectivity index (χ2n) is 15.1. The molecule has 0 spiro atoms. The van der Waals surface area contributed by atoms with E-state index in [1.54, 1.807) is 48.1 Å². The third kappa shape index (κ3) is 9.29. The third-order valence-corrected chi connectivity index (χ3v) is 10.4. The van der Waals surface area contributed by atoms with Crippen LogP contribution in [0.5, 0.6) is 0 Å². The lowest BCUT2D eigenvalue weighted by atomic mass is 9.93. The largest absolute Gasteiger partial charge is 0.399 e. The zero-order chi connectivity index (χ0) is 38.0. The van der Waals surface area contributed by atoms with E-state index in [0.29, 0.717) is 12.0 Å². The topological polar surface area (TPSA) is 146 Å². The van der Waals surface area contributed by atoms with Gasteiger partial charge in [0, 0.05) is 64.1 Å². The molecule has 6 aromatic rings. The van der Waals surface area contributed by atoms with E-state index in [4.69, 9.17) is 10.7 Å². The highest BCUT2D eigenvalue weighted by Crippen LogP contribution is 2.29. The van der Waals surface area contributed by atoms with E-state index in [1.165, 1.54) is 11.1 Å². The van der Waals surface area contributed by atoms with Gasteiger partial charge in [0.05, 0.1) is 38.7 Å². The molecule has 52 heavy (non-hydrogen) atoms. The number of aryl methyl sites for hydroxylation is 4. The predicted molar refractivity (Wildman–Crippen MR) is 212 cm³/mol. The number of nitrogens with zero attached hydrogens (tertiary/aromatic N) is 7. The number of nitro benzene ring substituents is 1. The number of aromatic nitrogens is 6. The first-order chi connectivity index (χ1) is 24.4. The zero-order valence-corrected chi connectivity index (χ0v) is 33.2. The standard InChI is InChI=1S/C20H22N4O2S.C20H24N4S/c1-12-7-17(24(25)26)13(2)6-14(12)8-19-23-16(11-27-19)15-9-22-18(10-21-15)20(3,4)5;1-12-7-15(21)13(2)6-14(12)8-19-24-17(11-25-19)16-9-23-18(10-22-16)20(3,4)5/h6-7,9-11H,8H2,1-5H3;6-7,9-11H,8,21H2,1-5H3. The molecule has 0 aliphatic carbocycles. The van der Waals surface area contributed by atoms with E-state index in [2.05, 4.69) is 84.8 Å². The van der Waals surface area contributed by atoms with Crippen molar-refractivity contribution >= 4 is 34.0 Å². The van der Waals surface area contributed by atoms with Crippen molar-refractivity contribution < 1.29 is 4.92 Å². The van der Waals surface area contributed by atoms with E-state index in [-0.39, 0.29) is 21.4 Å². The smallest absolute Gasteiger partial charge is 0.272 e. The maximum atomic E-state index is 11.1. The molecule has 6 rings (SSSR count). The van der Waals surface area contributed by atoms with E-state index in [9.17, 15) is 10.1 Å². The molecule has 0 saturated carbocycles. The Bertz CT molecular complexity index is 2190. The summed E-state index contributed by atoms with van der Waals surface area (Å²) in [6.07, 6.45) is 8.69. The monoisotopic (exact) mass is 734 g/mol. The van der Waals surface area contributed by atoms with Crippen molar-refractivity contribution in [3.63, 3.8) is 0 Å². The Morgan fingerprint density at radius 3 is 1.46 bits per heavy atom. The van der Waals surface area contributed by atoms with Crippen molar-refractivity contribution in [3.8, 4) is 22.8 Å².